The highest BCUT2D eigenvalue weighted by molar-refractivity contribution is 14.0. The summed E-state index contributed by atoms with van der Waals surface area (Å²) in [6.45, 7) is 4.42. The van der Waals surface area contributed by atoms with Crippen molar-refractivity contribution in [1.82, 2.24) is 25.4 Å². The summed E-state index contributed by atoms with van der Waals surface area (Å²) in [5.41, 5.74) is 0. The van der Waals surface area contributed by atoms with Crippen LogP contribution in [0.2, 0.25) is 0 Å². The third kappa shape index (κ3) is 4.79. The van der Waals surface area contributed by atoms with Crippen LogP contribution in [0.25, 0.3) is 0 Å². The largest absolute Gasteiger partial charge is 0.393 e. The average molecular weight is 434 g/mol. The number of nitrogens with zero attached hydrogens (tertiary/aromatic N) is 4. The number of rotatable bonds is 4. The molecule has 3 unspecified atom stereocenters. The smallest absolute Gasteiger partial charge is 0.191 e. The molecule has 0 aromatic carbocycles. The van der Waals surface area contributed by atoms with Gasteiger partial charge in [-0.3, -0.25) is 4.99 Å². The third-order valence-corrected chi connectivity index (χ3v) is 4.59. The topological polar surface area (TPSA) is 87.4 Å². The van der Waals surface area contributed by atoms with Crippen molar-refractivity contribution in [3.8, 4) is 0 Å². The summed E-state index contributed by atoms with van der Waals surface area (Å²) in [7, 11) is 0. The molecule has 0 spiro atoms. The molecule has 130 valence electrons. The lowest BCUT2D eigenvalue weighted by atomic mass is 10.1. The van der Waals surface area contributed by atoms with Gasteiger partial charge < -0.3 is 15.7 Å². The van der Waals surface area contributed by atoms with Gasteiger partial charge >= 0.3 is 0 Å². The number of aliphatic hydroxyl groups is 1. The van der Waals surface area contributed by atoms with E-state index in [9.17, 15) is 5.11 Å². The van der Waals surface area contributed by atoms with Crippen LogP contribution in [-0.2, 0) is 13.0 Å². The van der Waals surface area contributed by atoms with E-state index in [1.165, 1.54) is 0 Å². The maximum Gasteiger partial charge on any atom is 0.191 e. The molecule has 1 aromatic rings. The first-order valence-electron chi connectivity index (χ1n) is 8.36. The molecule has 7 nitrogen and oxygen atoms in total. The zero-order valence-corrected chi connectivity index (χ0v) is 15.9. The van der Waals surface area contributed by atoms with Crippen LogP contribution in [0.4, 0.5) is 0 Å². The van der Waals surface area contributed by atoms with Gasteiger partial charge in [0.25, 0.3) is 0 Å². The van der Waals surface area contributed by atoms with Crippen LogP contribution in [0.3, 0.4) is 0 Å². The highest BCUT2D eigenvalue weighted by Crippen LogP contribution is 2.25. The number of nitrogens with one attached hydrogen (secondary N) is 2. The third-order valence-electron chi connectivity index (χ3n) is 4.59. The Morgan fingerprint density at radius 2 is 2.30 bits per heavy atom. The normalized spacial score (nSPS) is 27.2. The molecule has 0 radical (unpaired) electrons. The maximum atomic E-state index is 9.91. The Labute approximate surface area is 154 Å². The molecule has 2 heterocycles. The lowest BCUT2D eigenvalue weighted by Gasteiger charge is -2.25. The van der Waals surface area contributed by atoms with E-state index >= 15 is 0 Å². The van der Waals surface area contributed by atoms with E-state index in [0.717, 1.165) is 57.0 Å². The Morgan fingerprint density at radius 1 is 1.43 bits per heavy atom. The zero-order chi connectivity index (χ0) is 15.4. The summed E-state index contributed by atoms with van der Waals surface area (Å²) in [6, 6.07) is 0.320. The second kappa shape index (κ2) is 8.81. The van der Waals surface area contributed by atoms with Crippen LogP contribution in [0.1, 0.15) is 38.4 Å². The van der Waals surface area contributed by atoms with E-state index in [0.29, 0.717) is 18.5 Å². The monoisotopic (exact) mass is 434 g/mol. The quantitative estimate of drug-likeness (QED) is 0.373. The molecule has 1 aliphatic carbocycles. The zero-order valence-electron chi connectivity index (χ0n) is 13.6. The summed E-state index contributed by atoms with van der Waals surface area (Å²) in [5.74, 6) is 2.22. The van der Waals surface area contributed by atoms with Gasteiger partial charge in [-0.25, -0.2) is 9.67 Å². The molecule has 3 rings (SSSR count). The van der Waals surface area contributed by atoms with E-state index in [1.54, 1.807) is 6.33 Å². The second-order valence-electron chi connectivity index (χ2n) is 6.22. The molecule has 3 atom stereocenters. The summed E-state index contributed by atoms with van der Waals surface area (Å²) in [6.07, 6.45) is 6.53. The van der Waals surface area contributed by atoms with Crippen molar-refractivity contribution >= 4 is 29.9 Å². The fraction of sp³-hybridized carbons (Fsp3) is 0.800. The number of fused-ring (bicyclic) bond motifs is 1. The fourth-order valence-electron chi connectivity index (χ4n) is 3.31. The Hall–Kier alpha value is -0.900. The number of halogens is 1. The van der Waals surface area contributed by atoms with Crippen molar-refractivity contribution < 1.29 is 5.11 Å². The summed E-state index contributed by atoms with van der Waals surface area (Å²) < 4.78 is 1.96. The second-order valence-corrected chi connectivity index (χ2v) is 6.22. The first kappa shape index (κ1) is 18.4. The number of aryl methyl sites for hydroxylation is 1. The van der Waals surface area contributed by atoms with Gasteiger partial charge in [0.2, 0.25) is 0 Å². The SMILES string of the molecule is CCNC(=NCC1CCCC1O)NC1CCc2ncnn2C1.I. The van der Waals surface area contributed by atoms with Crippen molar-refractivity contribution in [1.29, 1.82) is 0 Å². The fourth-order valence-corrected chi connectivity index (χ4v) is 3.31. The predicted octanol–water partition coefficient (Wildman–Crippen LogP) is 0.927. The molecule has 3 N–H and O–H groups in total. The molecular weight excluding hydrogens is 407 g/mol. The van der Waals surface area contributed by atoms with Crippen LogP contribution in [0, 0.1) is 5.92 Å². The van der Waals surface area contributed by atoms with Gasteiger partial charge in [-0.15, -0.1) is 24.0 Å². The van der Waals surface area contributed by atoms with Gasteiger partial charge in [-0.1, -0.05) is 6.42 Å². The molecule has 1 fully saturated rings. The molecule has 8 heteroatoms. The highest BCUT2D eigenvalue weighted by atomic mass is 127. The lowest BCUT2D eigenvalue weighted by Crippen LogP contribution is -2.47. The highest BCUT2D eigenvalue weighted by Gasteiger charge is 2.25. The van der Waals surface area contributed by atoms with Crippen LogP contribution >= 0.6 is 24.0 Å². The van der Waals surface area contributed by atoms with Gasteiger partial charge in [-0.05, 0) is 26.2 Å². The van der Waals surface area contributed by atoms with Gasteiger partial charge in [0.1, 0.15) is 12.2 Å². The number of hydrogen-bond donors (Lipinski definition) is 3. The van der Waals surface area contributed by atoms with Gasteiger partial charge in [0.05, 0.1) is 12.6 Å². The number of hydrogen-bond acceptors (Lipinski definition) is 4. The predicted molar refractivity (Wildman–Crippen MR) is 100 cm³/mol. The van der Waals surface area contributed by atoms with E-state index in [-0.39, 0.29) is 30.1 Å². The van der Waals surface area contributed by atoms with Crippen molar-refractivity contribution in [2.75, 3.05) is 13.1 Å². The molecule has 0 amide bonds. The van der Waals surface area contributed by atoms with E-state index in [4.69, 9.17) is 0 Å². The molecule has 23 heavy (non-hydrogen) atoms. The lowest BCUT2D eigenvalue weighted by molar-refractivity contribution is 0.136. The molecule has 2 aliphatic rings. The first-order chi connectivity index (χ1) is 10.8. The number of aliphatic imine (C=N–C) groups is 1. The van der Waals surface area contributed by atoms with Gasteiger partial charge in [-0.2, -0.15) is 5.10 Å². The van der Waals surface area contributed by atoms with Crippen molar-refractivity contribution in [2.24, 2.45) is 10.9 Å². The van der Waals surface area contributed by atoms with E-state index < -0.39 is 0 Å². The maximum absolute atomic E-state index is 9.91. The number of guanidine groups is 1. The summed E-state index contributed by atoms with van der Waals surface area (Å²) >= 11 is 0. The molecule has 0 bridgehead atoms. The minimum Gasteiger partial charge on any atom is -0.393 e. The van der Waals surface area contributed by atoms with E-state index in [1.807, 2.05) is 4.68 Å². The Bertz CT molecular complexity index is 520. The molecular formula is C15H27IN6O. The van der Waals surface area contributed by atoms with Crippen LogP contribution in [-0.4, -0.2) is 51.1 Å². The van der Waals surface area contributed by atoms with Crippen molar-refractivity contribution in [3.63, 3.8) is 0 Å². The van der Waals surface area contributed by atoms with Crippen LogP contribution < -0.4 is 10.6 Å². The summed E-state index contributed by atoms with van der Waals surface area (Å²) in [5, 5.41) is 21.0. The molecule has 1 saturated carbocycles. The molecule has 1 aliphatic heterocycles. The molecule has 1 aromatic heterocycles. The average Bonchev–Trinajstić information content (AvgIpc) is 3.13. The molecule has 0 saturated heterocycles. The first-order valence-corrected chi connectivity index (χ1v) is 8.36. The summed E-state index contributed by atoms with van der Waals surface area (Å²) in [4.78, 5) is 8.93. The van der Waals surface area contributed by atoms with Crippen molar-refractivity contribution in [3.05, 3.63) is 12.2 Å². The minimum absolute atomic E-state index is 0. The van der Waals surface area contributed by atoms with E-state index in [2.05, 4.69) is 32.6 Å². The Morgan fingerprint density at radius 3 is 3.04 bits per heavy atom. The Kier molecular flexibility index (Phi) is 7.07. The van der Waals surface area contributed by atoms with Gasteiger partial charge in [0.15, 0.2) is 5.96 Å². The van der Waals surface area contributed by atoms with Crippen LogP contribution in [0.5, 0.6) is 0 Å². The Balaban J connectivity index is 0.00000192. The minimum atomic E-state index is -0.181. The van der Waals surface area contributed by atoms with Gasteiger partial charge in [0, 0.05) is 31.5 Å². The van der Waals surface area contributed by atoms with Crippen LogP contribution in [0.15, 0.2) is 11.3 Å². The standard InChI is InChI=1S/C15H26N6O.HI/c1-2-16-15(17-8-11-4-3-5-13(11)22)20-12-6-7-14-18-10-19-21(14)9-12;/h10-13,22H,2-9H2,1H3,(H2,16,17,20);1H. The van der Waals surface area contributed by atoms with Crippen molar-refractivity contribution in [2.45, 2.75) is 57.7 Å². The number of aromatic nitrogens is 3. The number of aliphatic hydroxyl groups excluding tert-OH is 1.